The zero-order chi connectivity index (χ0) is 10.1. The lowest BCUT2D eigenvalue weighted by atomic mass is 10.2. The number of aromatic nitrogens is 2. The molecular formula is C10H10N2O2. The number of imidazole rings is 1. The summed E-state index contributed by atoms with van der Waals surface area (Å²) in [5, 5.41) is 9.09. The topological polar surface area (TPSA) is 58.0 Å². The van der Waals surface area contributed by atoms with Crippen LogP contribution >= 0.6 is 0 Å². The van der Waals surface area contributed by atoms with Gasteiger partial charge in [0.15, 0.2) is 0 Å². The lowest BCUT2D eigenvalue weighted by Crippen LogP contribution is -2.11. The van der Waals surface area contributed by atoms with Crippen LogP contribution in [0.2, 0.25) is 0 Å². The summed E-state index contributed by atoms with van der Waals surface area (Å²) >= 11 is 0. The Hall–Kier alpha value is -1.97. The standard InChI is InChI=1S/C10H10N2O2/c1-12-6-9(11-10(12)14)7-2-4-8(13)5-3-7/h2-6,13H,1H3,(H,11,14). The second-order valence-electron chi connectivity index (χ2n) is 3.13. The lowest BCUT2D eigenvalue weighted by molar-refractivity contribution is 0.475. The third kappa shape index (κ3) is 1.42. The summed E-state index contributed by atoms with van der Waals surface area (Å²) in [6, 6.07) is 6.67. The van der Waals surface area contributed by atoms with E-state index in [0.717, 1.165) is 11.3 Å². The van der Waals surface area contributed by atoms with Crippen molar-refractivity contribution in [2.45, 2.75) is 0 Å². The third-order valence-electron chi connectivity index (χ3n) is 2.06. The van der Waals surface area contributed by atoms with Gasteiger partial charge in [-0.15, -0.1) is 0 Å². The zero-order valence-electron chi connectivity index (χ0n) is 7.69. The normalized spacial score (nSPS) is 10.4. The molecule has 0 saturated carbocycles. The lowest BCUT2D eigenvalue weighted by Gasteiger charge is -1.96. The average Bonchev–Trinajstić information content (AvgIpc) is 2.48. The van der Waals surface area contributed by atoms with E-state index in [1.807, 2.05) is 0 Å². The minimum Gasteiger partial charge on any atom is -0.508 e. The van der Waals surface area contributed by atoms with Crippen LogP contribution in [0.1, 0.15) is 0 Å². The molecule has 0 radical (unpaired) electrons. The number of aryl methyl sites for hydroxylation is 1. The van der Waals surface area contributed by atoms with Gasteiger partial charge >= 0.3 is 5.69 Å². The summed E-state index contributed by atoms with van der Waals surface area (Å²) < 4.78 is 1.47. The maximum absolute atomic E-state index is 11.1. The smallest absolute Gasteiger partial charge is 0.325 e. The van der Waals surface area contributed by atoms with Crippen LogP contribution in [-0.4, -0.2) is 14.7 Å². The van der Waals surface area contributed by atoms with Crippen molar-refractivity contribution in [3.8, 4) is 17.0 Å². The quantitative estimate of drug-likeness (QED) is 0.707. The van der Waals surface area contributed by atoms with Crippen molar-refractivity contribution in [3.63, 3.8) is 0 Å². The van der Waals surface area contributed by atoms with E-state index < -0.39 is 0 Å². The molecule has 0 bridgehead atoms. The molecule has 1 aromatic carbocycles. The molecule has 14 heavy (non-hydrogen) atoms. The number of phenols is 1. The number of nitrogens with one attached hydrogen (secondary N) is 1. The van der Waals surface area contributed by atoms with Gasteiger partial charge in [0, 0.05) is 13.2 Å². The molecule has 0 aliphatic rings. The number of hydrogen-bond acceptors (Lipinski definition) is 2. The Morgan fingerprint density at radius 1 is 1.29 bits per heavy atom. The molecular weight excluding hydrogens is 180 g/mol. The van der Waals surface area contributed by atoms with Crippen LogP contribution in [0, 0.1) is 0 Å². The van der Waals surface area contributed by atoms with Gasteiger partial charge in [0.05, 0.1) is 5.69 Å². The summed E-state index contributed by atoms with van der Waals surface area (Å²) in [5.41, 5.74) is 1.48. The van der Waals surface area contributed by atoms with E-state index in [2.05, 4.69) is 4.98 Å². The van der Waals surface area contributed by atoms with Gasteiger partial charge in [-0.1, -0.05) is 0 Å². The van der Waals surface area contributed by atoms with Crippen LogP contribution in [0.15, 0.2) is 35.3 Å². The van der Waals surface area contributed by atoms with Crippen LogP contribution in [0.25, 0.3) is 11.3 Å². The van der Waals surface area contributed by atoms with E-state index in [1.165, 1.54) is 4.57 Å². The van der Waals surface area contributed by atoms with Gasteiger partial charge in [-0.25, -0.2) is 4.79 Å². The second-order valence-corrected chi connectivity index (χ2v) is 3.13. The largest absolute Gasteiger partial charge is 0.508 e. The van der Waals surface area contributed by atoms with Crippen molar-refractivity contribution in [1.29, 1.82) is 0 Å². The molecule has 1 heterocycles. The number of nitrogens with zero attached hydrogens (tertiary/aromatic N) is 1. The second kappa shape index (κ2) is 3.06. The maximum Gasteiger partial charge on any atom is 0.325 e. The van der Waals surface area contributed by atoms with Crippen LogP contribution in [0.4, 0.5) is 0 Å². The third-order valence-corrected chi connectivity index (χ3v) is 2.06. The van der Waals surface area contributed by atoms with E-state index in [-0.39, 0.29) is 11.4 Å². The Labute approximate surface area is 80.4 Å². The highest BCUT2D eigenvalue weighted by atomic mass is 16.3. The van der Waals surface area contributed by atoms with Gasteiger partial charge in [-0.05, 0) is 29.8 Å². The fraction of sp³-hybridized carbons (Fsp3) is 0.100. The molecule has 1 aromatic heterocycles. The van der Waals surface area contributed by atoms with Gasteiger partial charge in [-0.3, -0.25) is 0 Å². The molecule has 0 unspecified atom stereocenters. The summed E-state index contributed by atoms with van der Waals surface area (Å²) in [4.78, 5) is 13.8. The molecule has 2 N–H and O–H groups in total. The molecule has 0 atom stereocenters. The number of aromatic hydroxyl groups is 1. The maximum atomic E-state index is 11.1. The molecule has 0 aliphatic carbocycles. The van der Waals surface area contributed by atoms with Crippen molar-refractivity contribution >= 4 is 0 Å². The van der Waals surface area contributed by atoms with Gasteiger partial charge in [0.1, 0.15) is 5.75 Å². The van der Waals surface area contributed by atoms with Crippen molar-refractivity contribution < 1.29 is 5.11 Å². The summed E-state index contributed by atoms with van der Waals surface area (Å²) in [6.45, 7) is 0. The molecule has 4 nitrogen and oxygen atoms in total. The van der Waals surface area contributed by atoms with Crippen LogP contribution in [0.5, 0.6) is 5.75 Å². The summed E-state index contributed by atoms with van der Waals surface area (Å²) in [7, 11) is 1.68. The van der Waals surface area contributed by atoms with Gasteiger partial charge in [0.25, 0.3) is 0 Å². The van der Waals surface area contributed by atoms with E-state index in [4.69, 9.17) is 5.11 Å². The number of H-pyrrole nitrogens is 1. The first-order chi connectivity index (χ1) is 6.66. The van der Waals surface area contributed by atoms with Crippen molar-refractivity contribution in [2.75, 3.05) is 0 Å². The van der Waals surface area contributed by atoms with Gasteiger partial charge in [0.2, 0.25) is 0 Å². The Morgan fingerprint density at radius 3 is 2.43 bits per heavy atom. The highest BCUT2D eigenvalue weighted by molar-refractivity contribution is 5.58. The molecule has 0 fully saturated rings. The van der Waals surface area contributed by atoms with Crippen molar-refractivity contribution in [1.82, 2.24) is 9.55 Å². The fourth-order valence-electron chi connectivity index (χ4n) is 1.28. The summed E-state index contributed by atoms with van der Waals surface area (Å²) in [5.74, 6) is 0.215. The first-order valence-electron chi connectivity index (χ1n) is 4.22. The van der Waals surface area contributed by atoms with Crippen molar-refractivity contribution in [3.05, 3.63) is 40.9 Å². The van der Waals surface area contributed by atoms with E-state index in [9.17, 15) is 4.79 Å². The number of hydrogen-bond donors (Lipinski definition) is 2. The predicted molar refractivity (Wildman–Crippen MR) is 53.1 cm³/mol. The molecule has 0 spiro atoms. The summed E-state index contributed by atoms with van der Waals surface area (Å²) in [6.07, 6.45) is 1.72. The Morgan fingerprint density at radius 2 is 1.93 bits per heavy atom. The zero-order valence-corrected chi connectivity index (χ0v) is 7.69. The highest BCUT2D eigenvalue weighted by Crippen LogP contribution is 2.18. The van der Waals surface area contributed by atoms with E-state index >= 15 is 0 Å². The number of aromatic amines is 1. The predicted octanol–water partition coefficient (Wildman–Crippen LogP) is 1.09. The minimum atomic E-state index is -0.145. The fourth-order valence-corrected chi connectivity index (χ4v) is 1.28. The van der Waals surface area contributed by atoms with E-state index in [1.54, 1.807) is 37.5 Å². The first kappa shape index (κ1) is 8.62. The number of rotatable bonds is 1. The Kier molecular flexibility index (Phi) is 1.89. The van der Waals surface area contributed by atoms with Crippen LogP contribution in [0.3, 0.4) is 0 Å². The average molecular weight is 190 g/mol. The van der Waals surface area contributed by atoms with Gasteiger partial charge in [-0.2, -0.15) is 0 Å². The molecule has 0 amide bonds. The Balaban J connectivity index is 2.49. The molecule has 2 rings (SSSR count). The number of benzene rings is 1. The number of phenolic OH excluding ortho intramolecular Hbond substituents is 1. The molecule has 2 aromatic rings. The molecule has 4 heteroatoms. The minimum absolute atomic E-state index is 0.145. The molecule has 0 aliphatic heterocycles. The van der Waals surface area contributed by atoms with E-state index in [0.29, 0.717) is 0 Å². The van der Waals surface area contributed by atoms with Gasteiger partial charge < -0.3 is 14.7 Å². The molecule has 72 valence electrons. The first-order valence-corrected chi connectivity index (χ1v) is 4.22. The monoisotopic (exact) mass is 190 g/mol. The van der Waals surface area contributed by atoms with Crippen molar-refractivity contribution in [2.24, 2.45) is 7.05 Å². The molecule has 0 saturated heterocycles. The van der Waals surface area contributed by atoms with Crippen LogP contribution < -0.4 is 5.69 Å². The SMILES string of the molecule is Cn1cc(-c2ccc(O)cc2)[nH]c1=O. The highest BCUT2D eigenvalue weighted by Gasteiger charge is 2.01. The van der Waals surface area contributed by atoms with Crippen LogP contribution in [-0.2, 0) is 7.05 Å². The Bertz CT molecular complexity index is 494.